The van der Waals surface area contributed by atoms with Crippen LogP contribution in [0.3, 0.4) is 0 Å². The number of hydrogen-bond donors (Lipinski definition) is 0. The van der Waals surface area contributed by atoms with Gasteiger partial charge in [0, 0.05) is 59.0 Å². The third-order valence-corrected chi connectivity index (χ3v) is 10.3. The van der Waals surface area contributed by atoms with Crippen LogP contribution >= 0.6 is 0 Å². The van der Waals surface area contributed by atoms with E-state index in [-0.39, 0.29) is 42.9 Å². The Morgan fingerprint density at radius 2 is 1.52 bits per heavy atom. The molecule has 1 radical (unpaired) electrons. The fourth-order valence-electron chi connectivity index (χ4n) is 5.52. The summed E-state index contributed by atoms with van der Waals surface area (Å²) >= 11 is 0. The van der Waals surface area contributed by atoms with Crippen LogP contribution < -0.4 is 5.19 Å². The first-order valence-corrected chi connectivity index (χ1v) is 20.0. The molecule has 52 heavy (non-hydrogen) atoms. The Kier molecular flexibility index (Phi) is 8.81. The molecule has 0 aliphatic heterocycles. The van der Waals surface area contributed by atoms with Crippen LogP contribution in [0.4, 0.5) is 4.39 Å². The van der Waals surface area contributed by atoms with E-state index < -0.39 is 27.7 Å². The molecule has 0 saturated carbocycles. The van der Waals surface area contributed by atoms with Gasteiger partial charge in [0.2, 0.25) is 5.71 Å². The van der Waals surface area contributed by atoms with Crippen LogP contribution in [0.25, 0.3) is 44.6 Å². The number of benzene rings is 4. The number of aryl methyl sites for hydroxylation is 1. The van der Waals surface area contributed by atoms with Gasteiger partial charge in [-0.15, -0.1) is 48.0 Å². The normalized spacial score (nSPS) is 14.0. The SMILES string of the molecule is C[Si](C)(C)c1ccc(-c2[c-]cc(F)cc2)nc1.[2H]C([2H])([2H])c1nc2oc3c(-c4cc(C([2H])([2H])c5ccccc5)ccn4)[c-]ccc3c2cc1C([2H])([2H])c1ccccc1.[Ir]. The Hall–Kier alpha value is -5.07. The number of pyridine rings is 3. The van der Waals surface area contributed by atoms with Crippen molar-refractivity contribution >= 4 is 35.3 Å². The van der Waals surface area contributed by atoms with Crippen molar-refractivity contribution in [2.45, 2.75) is 39.2 Å². The van der Waals surface area contributed by atoms with E-state index in [0.717, 1.165) is 11.3 Å². The fourth-order valence-corrected chi connectivity index (χ4v) is 6.56. The van der Waals surface area contributed by atoms with E-state index in [2.05, 4.69) is 52.8 Å². The largest absolute Gasteiger partial charge is 0.486 e. The third kappa shape index (κ3) is 8.51. The average Bonchev–Trinajstić information content (AvgIpc) is 3.59. The molecular formula is C45H38FIrN3OSi-2. The number of rotatable bonds is 7. The summed E-state index contributed by atoms with van der Waals surface area (Å²) in [7, 11) is -1.30. The van der Waals surface area contributed by atoms with Crippen molar-refractivity contribution in [3.63, 3.8) is 0 Å². The van der Waals surface area contributed by atoms with Gasteiger partial charge in [0.05, 0.1) is 13.7 Å². The van der Waals surface area contributed by atoms with Crippen LogP contribution in [0.2, 0.25) is 19.6 Å². The summed E-state index contributed by atoms with van der Waals surface area (Å²) in [4.78, 5) is 13.2. The van der Waals surface area contributed by atoms with Gasteiger partial charge in [0.1, 0.15) is 0 Å². The molecule has 0 atom stereocenters. The first-order chi connectivity index (χ1) is 27.4. The van der Waals surface area contributed by atoms with Crippen LogP contribution in [0.15, 0.2) is 138 Å². The molecule has 4 aromatic carbocycles. The van der Waals surface area contributed by atoms with Crippen LogP contribution in [0.1, 0.15) is 37.5 Å². The maximum atomic E-state index is 12.8. The predicted molar refractivity (Wildman–Crippen MR) is 208 cm³/mol. The monoisotopic (exact) mass is 883 g/mol. The molecule has 0 fully saturated rings. The molecule has 0 aliphatic carbocycles. The molecule has 4 aromatic heterocycles. The second kappa shape index (κ2) is 16.1. The van der Waals surface area contributed by atoms with E-state index in [1.807, 2.05) is 18.3 Å². The molecule has 8 aromatic rings. The first kappa shape index (κ1) is 28.5. The minimum atomic E-state index is -2.70. The number of fused-ring (bicyclic) bond motifs is 3. The Morgan fingerprint density at radius 3 is 2.17 bits per heavy atom. The Bertz CT molecular complexity index is 2710. The molecule has 4 nitrogen and oxygen atoms in total. The summed E-state index contributed by atoms with van der Waals surface area (Å²) in [6, 6.07) is 40.0. The summed E-state index contributed by atoms with van der Waals surface area (Å²) in [5.41, 5.74) is 3.70. The van der Waals surface area contributed by atoms with Crippen LogP contribution in [-0.2, 0) is 32.9 Å². The summed E-state index contributed by atoms with van der Waals surface area (Å²) < 4.78 is 78.5. The van der Waals surface area contributed by atoms with Gasteiger partial charge >= 0.3 is 0 Å². The van der Waals surface area contributed by atoms with Crippen molar-refractivity contribution in [2.75, 3.05) is 0 Å². The third-order valence-electron chi connectivity index (χ3n) is 8.24. The zero-order valence-electron chi connectivity index (χ0n) is 35.7. The summed E-state index contributed by atoms with van der Waals surface area (Å²) in [6.07, 6.45) is -0.468. The standard InChI is InChI=1S/C31H23N2O.C14H15FNSi.Ir/c1-21-25(18-23-11-6-3-7-12-23)20-28-26-13-8-14-27(30(26)34-31(28)33-21)29-19-24(15-16-32-29)17-22-9-4-2-5-10-22;1-17(2,3)13-8-9-14(16-10-13)11-4-6-12(15)7-5-11;/h2-13,15-16,19-20H,17-18H2,1H3;4,6-10H,1-3H3;/q2*-1;/i1D3,17D2,18D2;;. The van der Waals surface area contributed by atoms with E-state index >= 15 is 0 Å². The molecule has 0 amide bonds. The molecule has 261 valence electrons. The first-order valence-electron chi connectivity index (χ1n) is 20.0. The molecule has 0 unspecified atom stereocenters. The number of nitrogens with zero attached hydrogens (tertiary/aromatic N) is 3. The molecule has 0 bridgehead atoms. The van der Waals surface area contributed by atoms with Gasteiger partial charge in [-0.2, -0.15) is 0 Å². The van der Waals surface area contributed by atoms with Crippen LogP contribution in [-0.4, -0.2) is 23.0 Å². The van der Waals surface area contributed by atoms with E-state index in [0.29, 0.717) is 44.3 Å². The van der Waals surface area contributed by atoms with Crippen molar-refractivity contribution in [3.8, 4) is 22.5 Å². The minimum Gasteiger partial charge on any atom is -0.486 e. The molecule has 0 saturated heterocycles. The van der Waals surface area contributed by atoms with Gasteiger partial charge < -0.3 is 14.4 Å². The molecule has 0 spiro atoms. The van der Waals surface area contributed by atoms with Gasteiger partial charge in [0.25, 0.3) is 0 Å². The average molecular weight is 883 g/mol. The van der Waals surface area contributed by atoms with Gasteiger partial charge in [-0.25, -0.2) is 4.98 Å². The summed E-state index contributed by atoms with van der Waals surface area (Å²) in [5.74, 6) is -0.271. The number of halogens is 1. The smallest absolute Gasteiger partial charge is 0.216 e. The zero-order chi connectivity index (χ0) is 41.5. The second-order valence-electron chi connectivity index (χ2n) is 12.9. The van der Waals surface area contributed by atoms with Crippen molar-refractivity contribution in [3.05, 3.63) is 180 Å². The second-order valence-corrected chi connectivity index (χ2v) is 18.0. The molecular weight excluding hydrogens is 838 g/mol. The van der Waals surface area contributed by atoms with Gasteiger partial charge in [-0.05, 0) is 70.6 Å². The maximum Gasteiger partial charge on any atom is 0.216 e. The zero-order valence-corrected chi connectivity index (χ0v) is 32.1. The Morgan fingerprint density at radius 1 is 0.769 bits per heavy atom. The summed E-state index contributed by atoms with van der Waals surface area (Å²) in [5, 5.41) is 2.36. The van der Waals surface area contributed by atoms with Crippen LogP contribution in [0.5, 0.6) is 0 Å². The molecule has 0 N–H and O–H groups in total. The van der Waals surface area contributed by atoms with E-state index in [1.165, 1.54) is 29.6 Å². The number of hydrogen-bond acceptors (Lipinski definition) is 4. The Balaban J connectivity index is 0.000000273. The van der Waals surface area contributed by atoms with Crippen molar-refractivity contribution < 1.29 is 38.5 Å². The summed E-state index contributed by atoms with van der Waals surface area (Å²) in [6.45, 7) is 4.16. The maximum absolute atomic E-state index is 12.8. The molecule has 4 heterocycles. The van der Waals surface area contributed by atoms with Crippen molar-refractivity contribution in [1.82, 2.24) is 15.0 Å². The van der Waals surface area contributed by atoms with E-state index in [1.54, 1.807) is 84.9 Å². The quantitative estimate of drug-likeness (QED) is 0.118. The number of aromatic nitrogens is 3. The van der Waals surface area contributed by atoms with Gasteiger partial charge in [0.15, 0.2) is 0 Å². The number of furan rings is 1. The minimum absolute atomic E-state index is 0. The van der Waals surface area contributed by atoms with Gasteiger partial charge in [-0.1, -0.05) is 109 Å². The predicted octanol–water partition coefficient (Wildman–Crippen LogP) is 10.6. The van der Waals surface area contributed by atoms with E-state index in [4.69, 9.17) is 14.0 Å². The fraction of sp³-hybridized carbons (Fsp3) is 0.133. The van der Waals surface area contributed by atoms with Gasteiger partial charge in [-0.3, -0.25) is 4.39 Å². The molecule has 7 heteroatoms. The molecule has 0 aliphatic rings. The topological polar surface area (TPSA) is 51.8 Å². The molecule has 8 rings (SSSR count). The van der Waals surface area contributed by atoms with Crippen molar-refractivity contribution in [2.24, 2.45) is 0 Å². The van der Waals surface area contributed by atoms with Crippen molar-refractivity contribution in [1.29, 1.82) is 0 Å². The van der Waals surface area contributed by atoms with E-state index in [9.17, 15) is 4.39 Å². The Labute approximate surface area is 329 Å². The van der Waals surface area contributed by atoms with Crippen LogP contribution in [0, 0.1) is 24.8 Å².